The highest BCUT2D eigenvalue weighted by atomic mass is 35.5. The molecule has 154 valence electrons. The highest BCUT2D eigenvalue weighted by molar-refractivity contribution is 6.35. The molecule has 2 aliphatic rings. The molecule has 2 amide bonds. The second kappa shape index (κ2) is 8.36. The molecule has 2 aliphatic heterocycles. The second-order valence-corrected chi connectivity index (χ2v) is 8.83. The zero-order valence-corrected chi connectivity index (χ0v) is 17.9. The van der Waals surface area contributed by atoms with Crippen LogP contribution in [0.25, 0.3) is 0 Å². The molecular formula is C21H24Cl2N4O2. The summed E-state index contributed by atoms with van der Waals surface area (Å²) in [6, 6.07) is 5.16. The fourth-order valence-electron chi connectivity index (χ4n) is 3.99. The van der Waals surface area contributed by atoms with Gasteiger partial charge < -0.3 is 9.80 Å². The normalized spacial score (nSPS) is 17.3. The van der Waals surface area contributed by atoms with Gasteiger partial charge in [0.15, 0.2) is 5.69 Å². The van der Waals surface area contributed by atoms with Gasteiger partial charge in [-0.2, -0.15) is 5.10 Å². The molecule has 1 fully saturated rings. The number of likely N-dealkylation sites (tertiary alicyclic amines) is 1. The minimum Gasteiger partial charge on any atom is -0.338 e. The summed E-state index contributed by atoms with van der Waals surface area (Å²) in [6.07, 6.45) is 2.90. The van der Waals surface area contributed by atoms with Crippen LogP contribution in [-0.2, 0) is 24.2 Å². The first-order valence-corrected chi connectivity index (χ1v) is 10.7. The number of hydrogen-bond donors (Lipinski definition) is 1. The van der Waals surface area contributed by atoms with Crippen LogP contribution in [0.1, 0.15) is 47.1 Å². The number of benzene rings is 1. The molecule has 1 N–H and O–H groups in total. The molecule has 3 heterocycles. The van der Waals surface area contributed by atoms with Crippen molar-refractivity contribution >= 4 is 35.0 Å². The molecule has 0 spiro atoms. The van der Waals surface area contributed by atoms with E-state index in [4.69, 9.17) is 23.2 Å². The number of rotatable bonds is 3. The molecule has 1 aromatic carbocycles. The van der Waals surface area contributed by atoms with Gasteiger partial charge in [-0.15, -0.1) is 0 Å². The maximum absolute atomic E-state index is 13.0. The Morgan fingerprint density at radius 3 is 2.66 bits per heavy atom. The zero-order chi connectivity index (χ0) is 20.5. The van der Waals surface area contributed by atoms with Crippen molar-refractivity contribution in [3.63, 3.8) is 0 Å². The Balaban J connectivity index is 1.47. The zero-order valence-electron chi connectivity index (χ0n) is 16.4. The van der Waals surface area contributed by atoms with Crippen LogP contribution < -0.4 is 0 Å². The Hall–Kier alpha value is -2.05. The molecule has 29 heavy (non-hydrogen) atoms. The number of piperidine rings is 1. The van der Waals surface area contributed by atoms with Gasteiger partial charge in [0.25, 0.3) is 5.91 Å². The van der Waals surface area contributed by atoms with E-state index < -0.39 is 0 Å². The first-order valence-electron chi connectivity index (χ1n) is 9.99. The highest BCUT2D eigenvalue weighted by Gasteiger charge is 2.31. The molecule has 0 aliphatic carbocycles. The van der Waals surface area contributed by atoms with Crippen LogP contribution in [0.3, 0.4) is 0 Å². The van der Waals surface area contributed by atoms with Gasteiger partial charge in [-0.05, 0) is 36.5 Å². The fraction of sp³-hybridized carbons (Fsp3) is 0.476. The standard InChI is InChI=1S/C21H24Cl2N4O2/c1-13-4-7-26(8-5-13)21(29)20-16-12-27(9-6-18(16)24-25-20)19(28)10-14-2-3-15(22)11-17(14)23/h2-3,11,13H,4-10,12H2,1H3,(H,24,25). The molecule has 0 saturated carbocycles. The minimum absolute atomic E-state index is 0.0220. The van der Waals surface area contributed by atoms with Crippen molar-refractivity contribution in [2.75, 3.05) is 19.6 Å². The van der Waals surface area contributed by atoms with Gasteiger partial charge in [0.05, 0.1) is 6.42 Å². The van der Waals surface area contributed by atoms with E-state index in [1.165, 1.54) is 0 Å². The average molecular weight is 435 g/mol. The number of carbonyl (C=O) groups excluding carboxylic acids is 2. The summed E-state index contributed by atoms with van der Waals surface area (Å²) >= 11 is 12.2. The van der Waals surface area contributed by atoms with Crippen LogP contribution in [-0.4, -0.2) is 51.4 Å². The maximum Gasteiger partial charge on any atom is 0.274 e. The largest absolute Gasteiger partial charge is 0.338 e. The number of hydrogen-bond acceptors (Lipinski definition) is 3. The summed E-state index contributed by atoms with van der Waals surface area (Å²) in [5, 5.41) is 8.34. The Labute approximate surface area is 180 Å². The van der Waals surface area contributed by atoms with Crippen LogP contribution in [0.15, 0.2) is 18.2 Å². The van der Waals surface area contributed by atoms with E-state index in [2.05, 4.69) is 17.1 Å². The molecule has 6 nitrogen and oxygen atoms in total. The van der Waals surface area contributed by atoms with Crippen LogP contribution >= 0.6 is 23.2 Å². The number of carbonyl (C=O) groups is 2. The molecule has 8 heteroatoms. The number of halogens is 2. The summed E-state index contributed by atoms with van der Waals surface area (Å²) in [7, 11) is 0. The van der Waals surface area contributed by atoms with Crippen molar-refractivity contribution < 1.29 is 9.59 Å². The number of H-pyrrole nitrogens is 1. The van der Waals surface area contributed by atoms with E-state index in [9.17, 15) is 9.59 Å². The van der Waals surface area contributed by atoms with Crippen LogP contribution in [0, 0.1) is 5.92 Å². The van der Waals surface area contributed by atoms with Crippen LogP contribution in [0.4, 0.5) is 0 Å². The topological polar surface area (TPSA) is 69.3 Å². The summed E-state index contributed by atoms with van der Waals surface area (Å²) in [4.78, 5) is 29.5. The lowest BCUT2D eigenvalue weighted by Crippen LogP contribution is -2.40. The first kappa shape index (κ1) is 20.2. The van der Waals surface area contributed by atoms with Crippen molar-refractivity contribution in [1.82, 2.24) is 20.0 Å². The van der Waals surface area contributed by atoms with Crippen molar-refractivity contribution in [3.05, 3.63) is 50.8 Å². The number of nitrogens with zero attached hydrogens (tertiary/aromatic N) is 3. The van der Waals surface area contributed by atoms with Crippen LogP contribution in [0.5, 0.6) is 0 Å². The van der Waals surface area contributed by atoms with Gasteiger partial charge in [-0.3, -0.25) is 14.7 Å². The van der Waals surface area contributed by atoms with Gasteiger partial charge in [0.1, 0.15) is 0 Å². The third kappa shape index (κ3) is 4.28. The monoisotopic (exact) mass is 434 g/mol. The lowest BCUT2D eigenvalue weighted by Gasteiger charge is -2.31. The lowest BCUT2D eigenvalue weighted by molar-refractivity contribution is -0.131. The Morgan fingerprint density at radius 1 is 1.17 bits per heavy atom. The van der Waals surface area contributed by atoms with Crippen molar-refractivity contribution in [2.24, 2.45) is 5.92 Å². The van der Waals surface area contributed by atoms with E-state index in [1.54, 1.807) is 23.1 Å². The minimum atomic E-state index is -0.0376. The smallest absolute Gasteiger partial charge is 0.274 e. The molecule has 1 saturated heterocycles. The lowest BCUT2D eigenvalue weighted by atomic mass is 9.98. The molecule has 2 aromatic rings. The maximum atomic E-state index is 13.0. The third-order valence-electron chi connectivity index (χ3n) is 5.92. The molecule has 0 atom stereocenters. The van der Waals surface area contributed by atoms with E-state index in [-0.39, 0.29) is 18.2 Å². The molecule has 0 radical (unpaired) electrons. The molecule has 4 rings (SSSR count). The fourth-order valence-corrected chi connectivity index (χ4v) is 4.46. The SMILES string of the molecule is CC1CCN(C(=O)c2n[nH]c3c2CN(C(=O)Cc2ccc(Cl)cc2Cl)CC3)CC1. The van der Waals surface area contributed by atoms with Gasteiger partial charge in [0.2, 0.25) is 5.91 Å². The Morgan fingerprint density at radius 2 is 1.93 bits per heavy atom. The number of fused-ring (bicyclic) bond motifs is 1. The van der Waals surface area contributed by atoms with E-state index in [0.717, 1.165) is 42.8 Å². The van der Waals surface area contributed by atoms with Gasteiger partial charge in [0, 0.05) is 53.9 Å². The number of nitrogens with one attached hydrogen (secondary N) is 1. The molecule has 1 aromatic heterocycles. The van der Waals surface area contributed by atoms with Crippen molar-refractivity contribution in [2.45, 2.75) is 39.2 Å². The van der Waals surface area contributed by atoms with Gasteiger partial charge in [-0.1, -0.05) is 36.2 Å². The predicted octanol–water partition coefficient (Wildman–Crippen LogP) is 3.72. The number of aromatic nitrogens is 2. The average Bonchev–Trinajstić information content (AvgIpc) is 3.13. The number of amides is 2. The Kier molecular flexibility index (Phi) is 5.83. The van der Waals surface area contributed by atoms with E-state index in [0.29, 0.717) is 41.2 Å². The highest BCUT2D eigenvalue weighted by Crippen LogP contribution is 2.26. The first-order chi connectivity index (χ1) is 13.9. The summed E-state index contributed by atoms with van der Waals surface area (Å²) in [6.45, 7) is 4.72. The van der Waals surface area contributed by atoms with Crippen LogP contribution in [0.2, 0.25) is 10.0 Å². The predicted molar refractivity (Wildman–Crippen MR) is 112 cm³/mol. The van der Waals surface area contributed by atoms with E-state index in [1.807, 2.05) is 4.90 Å². The second-order valence-electron chi connectivity index (χ2n) is 7.98. The Bertz CT molecular complexity index is 935. The van der Waals surface area contributed by atoms with Crippen molar-refractivity contribution in [3.8, 4) is 0 Å². The van der Waals surface area contributed by atoms with Crippen molar-refractivity contribution in [1.29, 1.82) is 0 Å². The summed E-state index contributed by atoms with van der Waals surface area (Å²) in [5.41, 5.74) is 3.00. The molecular weight excluding hydrogens is 411 g/mol. The third-order valence-corrected chi connectivity index (χ3v) is 6.50. The van der Waals surface area contributed by atoms with Gasteiger partial charge >= 0.3 is 0 Å². The quantitative estimate of drug-likeness (QED) is 0.799. The molecule has 0 bridgehead atoms. The summed E-state index contributed by atoms with van der Waals surface area (Å²) < 4.78 is 0. The molecule has 0 unspecified atom stereocenters. The van der Waals surface area contributed by atoms with Gasteiger partial charge in [-0.25, -0.2) is 0 Å². The summed E-state index contributed by atoms with van der Waals surface area (Å²) in [5.74, 6) is 0.593. The number of aromatic amines is 1. The van der Waals surface area contributed by atoms with E-state index >= 15 is 0 Å².